The normalized spacial score (nSPS) is 18.0. The number of carbonyl (C=O) groups is 1. The van der Waals surface area contributed by atoms with E-state index in [2.05, 4.69) is 25.9 Å². The zero-order valence-electron chi connectivity index (χ0n) is 15.7. The number of aliphatic hydroxyl groups excluding tert-OH is 1. The Morgan fingerprint density at radius 3 is 2.64 bits per heavy atom. The SMILES string of the molecule is CC(C)(C)C1CN(c2nc(CO)nc3c(F)c(Br)c(Cl)cc23)CCN1C(=O)O. The maximum atomic E-state index is 14.7. The van der Waals surface area contributed by atoms with Crippen LogP contribution >= 0.6 is 27.5 Å². The molecule has 2 heterocycles. The van der Waals surface area contributed by atoms with Gasteiger partial charge in [0, 0.05) is 25.0 Å². The molecule has 2 aromatic rings. The van der Waals surface area contributed by atoms with Crippen LogP contribution in [-0.2, 0) is 6.61 Å². The molecule has 0 saturated carbocycles. The first kappa shape index (κ1) is 21.0. The van der Waals surface area contributed by atoms with Crippen LogP contribution in [0.25, 0.3) is 10.9 Å². The molecule has 10 heteroatoms. The molecule has 1 saturated heterocycles. The highest BCUT2D eigenvalue weighted by Crippen LogP contribution is 2.37. The number of piperazine rings is 1. The molecule has 7 nitrogen and oxygen atoms in total. The van der Waals surface area contributed by atoms with E-state index in [1.165, 1.54) is 4.90 Å². The summed E-state index contributed by atoms with van der Waals surface area (Å²) in [4.78, 5) is 23.5. The number of nitrogens with zero attached hydrogens (tertiary/aromatic N) is 4. The van der Waals surface area contributed by atoms with Gasteiger partial charge in [0.05, 0.1) is 15.5 Å². The monoisotopic (exact) mass is 474 g/mol. The first-order valence-corrected chi connectivity index (χ1v) is 9.91. The van der Waals surface area contributed by atoms with E-state index in [1.807, 2.05) is 25.7 Å². The number of hydrogen-bond acceptors (Lipinski definition) is 5. The molecule has 1 atom stereocenters. The standard InChI is InChI=1S/C18H21BrClFN4O3/c1-18(2,3)11-7-24(4-5-25(11)17(27)28)16-9-6-10(20)13(19)14(21)15(9)22-12(8-26)23-16/h6,11,26H,4-5,7-8H2,1-3H3,(H,27,28). The Balaban J connectivity index is 2.14. The molecule has 1 aromatic carbocycles. The number of halogens is 3. The van der Waals surface area contributed by atoms with Gasteiger partial charge in [-0.3, -0.25) is 0 Å². The Kier molecular flexibility index (Phi) is 5.71. The molecule has 28 heavy (non-hydrogen) atoms. The first-order valence-electron chi connectivity index (χ1n) is 8.74. The minimum absolute atomic E-state index is 0.0540. The lowest BCUT2D eigenvalue weighted by molar-refractivity contribution is 0.0747. The van der Waals surface area contributed by atoms with E-state index < -0.39 is 18.5 Å². The molecule has 1 aromatic heterocycles. The highest BCUT2D eigenvalue weighted by Gasteiger charge is 2.39. The molecule has 1 aliphatic rings. The molecule has 0 radical (unpaired) electrons. The fraction of sp³-hybridized carbons (Fsp3) is 0.500. The number of hydrogen-bond donors (Lipinski definition) is 2. The van der Waals surface area contributed by atoms with Crippen molar-refractivity contribution in [3.8, 4) is 0 Å². The Labute approximate surface area is 175 Å². The van der Waals surface area contributed by atoms with Crippen LogP contribution in [0.15, 0.2) is 10.5 Å². The highest BCUT2D eigenvalue weighted by molar-refractivity contribution is 9.10. The van der Waals surface area contributed by atoms with Gasteiger partial charge in [-0.25, -0.2) is 19.2 Å². The summed E-state index contributed by atoms with van der Waals surface area (Å²) in [5, 5.41) is 19.7. The smallest absolute Gasteiger partial charge is 0.407 e. The van der Waals surface area contributed by atoms with Crippen molar-refractivity contribution in [3.05, 3.63) is 27.2 Å². The van der Waals surface area contributed by atoms with Gasteiger partial charge >= 0.3 is 6.09 Å². The molecule has 2 N–H and O–H groups in total. The summed E-state index contributed by atoms with van der Waals surface area (Å²) in [7, 11) is 0. The van der Waals surface area contributed by atoms with Crippen molar-refractivity contribution >= 4 is 50.3 Å². The van der Waals surface area contributed by atoms with Gasteiger partial charge in [0.25, 0.3) is 0 Å². The number of rotatable bonds is 2. The zero-order valence-corrected chi connectivity index (χ0v) is 18.1. The van der Waals surface area contributed by atoms with E-state index in [9.17, 15) is 19.4 Å². The van der Waals surface area contributed by atoms with Gasteiger partial charge in [-0.2, -0.15) is 0 Å². The lowest BCUT2D eigenvalue weighted by atomic mass is 9.84. The predicted molar refractivity (Wildman–Crippen MR) is 108 cm³/mol. The van der Waals surface area contributed by atoms with E-state index in [0.717, 1.165) is 0 Å². The van der Waals surface area contributed by atoms with E-state index in [1.54, 1.807) is 6.07 Å². The van der Waals surface area contributed by atoms with Crippen LogP contribution in [-0.4, -0.2) is 56.9 Å². The average Bonchev–Trinajstić information content (AvgIpc) is 2.64. The van der Waals surface area contributed by atoms with Crippen molar-refractivity contribution in [2.45, 2.75) is 33.4 Å². The Morgan fingerprint density at radius 2 is 2.07 bits per heavy atom. The molecule has 0 bridgehead atoms. The van der Waals surface area contributed by atoms with Crippen molar-refractivity contribution < 1.29 is 19.4 Å². The third-order valence-corrected chi connectivity index (χ3v) is 6.22. The second kappa shape index (κ2) is 7.61. The van der Waals surface area contributed by atoms with Crippen molar-refractivity contribution in [2.75, 3.05) is 24.5 Å². The molecule has 1 fully saturated rings. The quantitative estimate of drug-likeness (QED) is 0.641. The van der Waals surface area contributed by atoms with Crippen molar-refractivity contribution in [2.24, 2.45) is 5.41 Å². The van der Waals surface area contributed by atoms with Crippen LogP contribution in [0.3, 0.4) is 0 Å². The molecule has 1 amide bonds. The lowest BCUT2D eigenvalue weighted by Crippen LogP contribution is -2.59. The number of fused-ring (bicyclic) bond motifs is 1. The predicted octanol–water partition coefficient (Wildman–Crippen LogP) is 3.89. The minimum atomic E-state index is -0.971. The van der Waals surface area contributed by atoms with Crippen LogP contribution in [0.1, 0.15) is 26.6 Å². The summed E-state index contributed by atoms with van der Waals surface area (Å²) >= 11 is 9.26. The summed E-state index contributed by atoms with van der Waals surface area (Å²) in [5.41, 5.74) is -0.260. The van der Waals surface area contributed by atoms with Gasteiger partial charge in [-0.15, -0.1) is 0 Å². The van der Waals surface area contributed by atoms with Crippen LogP contribution in [0.2, 0.25) is 5.02 Å². The van der Waals surface area contributed by atoms with Gasteiger partial charge in [0.1, 0.15) is 17.9 Å². The second-order valence-electron chi connectivity index (χ2n) is 7.81. The minimum Gasteiger partial charge on any atom is -0.465 e. The van der Waals surface area contributed by atoms with Crippen molar-refractivity contribution in [3.63, 3.8) is 0 Å². The largest absolute Gasteiger partial charge is 0.465 e. The number of aromatic nitrogens is 2. The van der Waals surface area contributed by atoms with Gasteiger partial charge in [0.15, 0.2) is 11.6 Å². The molecular weight excluding hydrogens is 455 g/mol. The molecule has 152 valence electrons. The van der Waals surface area contributed by atoms with Crippen LogP contribution < -0.4 is 4.90 Å². The number of benzene rings is 1. The maximum Gasteiger partial charge on any atom is 0.407 e. The summed E-state index contributed by atoms with van der Waals surface area (Å²) in [6, 6.07) is 1.29. The zero-order chi connectivity index (χ0) is 20.8. The average molecular weight is 476 g/mol. The van der Waals surface area contributed by atoms with E-state index >= 15 is 0 Å². The van der Waals surface area contributed by atoms with E-state index in [4.69, 9.17) is 11.6 Å². The van der Waals surface area contributed by atoms with Gasteiger partial charge in [0.2, 0.25) is 0 Å². The summed E-state index contributed by atoms with van der Waals surface area (Å²) in [6.07, 6.45) is -0.971. The van der Waals surface area contributed by atoms with E-state index in [-0.39, 0.29) is 38.8 Å². The summed E-state index contributed by atoms with van der Waals surface area (Å²) < 4.78 is 14.8. The third kappa shape index (κ3) is 3.75. The van der Waals surface area contributed by atoms with Gasteiger partial charge < -0.3 is 20.0 Å². The molecule has 1 unspecified atom stereocenters. The Bertz CT molecular complexity index is 937. The van der Waals surface area contributed by atoms with Gasteiger partial charge in [-0.1, -0.05) is 32.4 Å². The lowest BCUT2D eigenvalue weighted by Gasteiger charge is -2.46. The molecule has 0 spiro atoms. The number of anilines is 1. The Hall–Kier alpha value is -1.71. The molecule has 0 aliphatic carbocycles. The molecular formula is C18H21BrClFN4O3. The maximum absolute atomic E-state index is 14.7. The number of amides is 1. The second-order valence-corrected chi connectivity index (χ2v) is 9.01. The third-order valence-electron chi connectivity index (χ3n) is 4.92. The summed E-state index contributed by atoms with van der Waals surface area (Å²) in [5.74, 6) is -0.109. The fourth-order valence-electron chi connectivity index (χ4n) is 3.46. The van der Waals surface area contributed by atoms with Crippen LogP contribution in [0.5, 0.6) is 0 Å². The number of carboxylic acid groups (broad SMARTS) is 1. The Morgan fingerprint density at radius 1 is 1.39 bits per heavy atom. The van der Waals surface area contributed by atoms with Crippen molar-refractivity contribution in [1.82, 2.24) is 14.9 Å². The topological polar surface area (TPSA) is 89.8 Å². The highest BCUT2D eigenvalue weighted by atomic mass is 79.9. The van der Waals surface area contributed by atoms with Crippen molar-refractivity contribution in [1.29, 1.82) is 0 Å². The molecule has 3 rings (SSSR count). The fourth-order valence-corrected chi connectivity index (χ4v) is 3.95. The molecule has 1 aliphatic heterocycles. The first-order chi connectivity index (χ1) is 13.0. The number of aliphatic hydroxyl groups is 1. The van der Waals surface area contributed by atoms with Crippen LogP contribution in [0, 0.1) is 11.2 Å². The van der Waals surface area contributed by atoms with E-state index in [0.29, 0.717) is 24.3 Å². The summed E-state index contributed by atoms with van der Waals surface area (Å²) in [6.45, 7) is 6.52. The van der Waals surface area contributed by atoms with Gasteiger partial charge in [-0.05, 0) is 27.4 Å². The van der Waals surface area contributed by atoms with Crippen LogP contribution in [0.4, 0.5) is 15.0 Å².